The molecule has 1 amide bonds. The largest absolute Gasteiger partial charge is 0.497 e. The van der Waals surface area contributed by atoms with Gasteiger partial charge in [-0.2, -0.15) is 0 Å². The number of benzene rings is 2. The molecular weight excluding hydrogens is 322 g/mol. The maximum Gasteiger partial charge on any atom is 0.342 e. The molecule has 132 valence electrons. The Hall–Kier alpha value is -3.02. The Bertz CT molecular complexity index is 772. The molecule has 0 bridgehead atoms. The third kappa shape index (κ3) is 4.73. The van der Waals surface area contributed by atoms with Crippen LogP contribution in [-0.4, -0.2) is 32.2 Å². The van der Waals surface area contributed by atoms with Crippen LogP contribution in [0.3, 0.4) is 0 Å². The summed E-state index contributed by atoms with van der Waals surface area (Å²) in [5.74, 6) is -0.188. The SMILES string of the molecule is COc1ccc(C(=O)O[C@H](C)C(=O)Nc2cccc(C)c2)c(OC)c1. The maximum absolute atomic E-state index is 12.3. The molecular formula is C19H21NO5. The summed E-state index contributed by atoms with van der Waals surface area (Å²) in [6.45, 7) is 3.44. The second kappa shape index (κ2) is 8.19. The molecule has 2 rings (SSSR count). The van der Waals surface area contributed by atoms with E-state index in [0.29, 0.717) is 17.2 Å². The summed E-state index contributed by atoms with van der Waals surface area (Å²) in [6.07, 6.45) is -0.958. The van der Waals surface area contributed by atoms with Crippen molar-refractivity contribution in [2.24, 2.45) is 0 Å². The Morgan fingerprint density at radius 2 is 1.80 bits per heavy atom. The molecule has 0 fully saturated rings. The Morgan fingerprint density at radius 3 is 2.44 bits per heavy atom. The number of amides is 1. The number of nitrogens with one attached hydrogen (secondary N) is 1. The number of hydrogen-bond acceptors (Lipinski definition) is 5. The Balaban J connectivity index is 2.05. The van der Waals surface area contributed by atoms with E-state index < -0.39 is 18.0 Å². The van der Waals surface area contributed by atoms with E-state index in [1.165, 1.54) is 27.2 Å². The van der Waals surface area contributed by atoms with Crippen molar-refractivity contribution in [1.29, 1.82) is 0 Å². The smallest absolute Gasteiger partial charge is 0.342 e. The average Bonchev–Trinajstić information content (AvgIpc) is 2.60. The first-order chi connectivity index (χ1) is 11.9. The van der Waals surface area contributed by atoms with Crippen LogP contribution in [0.25, 0.3) is 0 Å². The van der Waals surface area contributed by atoms with Crippen molar-refractivity contribution in [3.05, 3.63) is 53.6 Å². The Labute approximate surface area is 146 Å². The normalized spacial score (nSPS) is 11.4. The van der Waals surface area contributed by atoms with E-state index in [1.807, 2.05) is 25.1 Å². The van der Waals surface area contributed by atoms with Gasteiger partial charge in [0.25, 0.3) is 5.91 Å². The minimum Gasteiger partial charge on any atom is -0.497 e. The molecule has 25 heavy (non-hydrogen) atoms. The Kier molecular flexibility index (Phi) is 6.00. The molecule has 0 aromatic heterocycles. The maximum atomic E-state index is 12.3. The zero-order valence-electron chi connectivity index (χ0n) is 14.7. The lowest BCUT2D eigenvalue weighted by molar-refractivity contribution is -0.123. The first-order valence-corrected chi connectivity index (χ1v) is 7.75. The van der Waals surface area contributed by atoms with Gasteiger partial charge in [-0.3, -0.25) is 4.79 Å². The average molecular weight is 343 g/mol. The molecule has 2 aromatic carbocycles. The molecule has 0 saturated carbocycles. The topological polar surface area (TPSA) is 73.9 Å². The molecule has 1 atom stereocenters. The van der Waals surface area contributed by atoms with E-state index in [0.717, 1.165) is 5.56 Å². The molecule has 0 aliphatic rings. The van der Waals surface area contributed by atoms with Crippen LogP contribution in [-0.2, 0) is 9.53 Å². The summed E-state index contributed by atoms with van der Waals surface area (Å²) in [4.78, 5) is 24.5. The van der Waals surface area contributed by atoms with Crippen LogP contribution < -0.4 is 14.8 Å². The van der Waals surface area contributed by atoms with Crippen LogP contribution in [0.4, 0.5) is 5.69 Å². The molecule has 0 unspecified atom stereocenters. The van der Waals surface area contributed by atoms with Crippen LogP contribution in [0.1, 0.15) is 22.8 Å². The monoisotopic (exact) mass is 343 g/mol. The van der Waals surface area contributed by atoms with Gasteiger partial charge >= 0.3 is 5.97 Å². The molecule has 0 radical (unpaired) electrons. The minimum atomic E-state index is -0.958. The van der Waals surface area contributed by atoms with Crippen molar-refractivity contribution in [3.63, 3.8) is 0 Å². The lowest BCUT2D eigenvalue weighted by Crippen LogP contribution is -2.30. The fraction of sp³-hybridized carbons (Fsp3) is 0.263. The van der Waals surface area contributed by atoms with Gasteiger partial charge in [-0.25, -0.2) is 4.79 Å². The van der Waals surface area contributed by atoms with Gasteiger partial charge in [0.2, 0.25) is 0 Å². The minimum absolute atomic E-state index is 0.221. The molecule has 2 aromatic rings. The van der Waals surface area contributed by atoms with E-state index in [9.17, 15) is 9.59 Å². The lowest BCUT2D eigenvalue weighted by atomic mass is 10.2. The number of carbonyl (C=O) groups excluding carboxylic acids is 2. The third-order valence-electron chi connectivity index (χ3n) is 3.57. The van der Waals surface area contributed by atoms with Crippen LogP contribution >= 0.6 is 0 Å². The van der Waals surface area contributed by atoms with Gasteiger partial charge in [-0.05, 0) is 43.7 Å². The first-order valence-electron chi connectivity index (χ1n) is 7.75. The van der Waals surface area contributed by atoms with E-state index in [-0.39, 0.29) is 5.56 Å². The number of esters is 1. The zero-order chi connectivity index (χ0) is 18.4. The summed E-state index contributed by atoms with van der Waals surface area (Å²) in [5.41, 5.74) is 1.89. The van der Waals surface area contributed by atoms with Gasteiger partial charge in [-0.1, -0.05) is 12.1 Å². The summed E-state index contributed by atoms with van der Waals surface area (Å²) < 4.78 is 15.5. The van der Waals surface area contributed by atoms with Crippen LogP contribution in [0.15, 0.2) is 42.5 Å². The van der Waals surface area contributed by atoms with Gasteiger partial charge in [0.1, 0.15) is 17.1 Å². The number of aryl methyl sites for hydroxylation is 1. The van der Waals surface area contributed by atoms with Crippen molar-refractivity contribution in [3.8, 4) is 11.5 Å². The number of ether oxygens (including phenoxy) is 3. The van der Waals surface area contributed by atoms with Crippen LogP contribution in [0, 0.1) is 6.92 Å². The summed E-state index contributed by atoms with van der Waals surface area (Å²) in [5, 5.41) is 2.72. The third-order valence-corrected chi connectivity index (χ3v) is 3.57. The van der Waals surface area contributed by atoms with Gasteiger partial charge in [0, 0.05) is 11.8 Å². The second-order valence-corrected chi connectivity index (χ2v) is 5.47. The van der Waals surface area contributed by atoms with Crippen molar-refractivity contribution < 1.29 is 23.8 Å². The number of rotatable bonds is 6. The number of anilines is 1. The summed E-state index contributed by atoms with van der Waals surface area (Å²) >= 11 is 0. The highest BCUT2D eigenvalue weighted by Crippen LogP contribution is 2.25. The van der Waals surface area contributed by atoms with Gasteiger partial charge in [0.05, 0.1) is 14.2 Å². The van der Waals surface area contributed by atoms with Crippen LogP contribution in [0.2, 0.25) is 0 Å². The first kappa shape index (κ1) is 18.3. The van der Waals surface area contributed by atoms with Crippen molar-refractivity contribution in [2.75, 3.05) is 19.5 Å². The predicted molar refractivity (Wildman–Crippen MR) is 94.2 cm³/mol. The molecule has 0 spiro atoms. The lowest BCUT2D eigenvalue weighted by Gasteiger charge is -2.15. The molecule has 6 heteroatoms. The van der Waals surface area contributed by atoms with Gasteiger partial charge in [-0.15, -0.1) is 0 Å². The molecule has 0 aliphatic carbocycles. The highest BCUT2D eigenvalue weighted by Gasteiger charge is 2.22. The highest BCUT2D eigenvalue weighted by molar-refractivity contribution is 5.98. The Morgan fingerprint density at radius 1 is 1.04 bits per heavy atom. The molecule has 0 aliphatic heterocycles. The van der Waals surface area contributed by atoms with Crippen LogP contribution in [0.5, 0.6) is 11.5 Å². The molecule has 6 nitrogen and oxygen atoms in total. The number of methoxy groups -OCH3 is 2. The van der Waals surface area contributed by atoms with Gasteiger partial charge < -0.3 is 19.5 Å². The van der Waals surface area contributed by atoms with Crippen molar-refractivity contribution >= 4 is 17.6 Å². The molecule has 0 heterocycles. The number of carbonyl (C=O) groups is 2. The second-order valence-electron chi connectivity index (χ2n) is 5.47. The van der Waals surface area contributed by atoms with E-state index >= 15 is 0 Å². The summed E-state index contributed by atoms with van der Waals surface area (Å²) in [6, 6.07) is 12.1. The quantitative estimate of drug-likeness (QED) is 0.816. The number of hydrogen-bond donors (Lipinski definition) is 1. The summed E-state index contributed by atoms with van der Waals surface area (Å²) in [7, 11) is 2.96. The fourth-order valence-electron chi connectivity index (χ4n) is 2.21. The van der Waals surface area contributed by atoms with Crippen molar-refractivity contribution in [1.82, 2.24) is 0 Å². The fourth-order valence-corrected chi connectivity index (χ4v) is 2.21. The predicted octanol–water partition coefficient (Wildman–Crippen LogP) is 3.20. The van der Waals surface area contributed by atoms with Gasteiger partial charge in [0.15, 0.2) is 6.10 Å². The van der Waals surface area contributed by atoms with E-state index in [4.69, 9.17) is 14.2 Å². The molecule has 1 N–H and O–H groups in total. The van der Waals surface area contributed by atoms with E-state index in [1.54, 1.807) is 18.2 Å². The van der Waals surface area contributed by atoms with E-state index in [2.05, 4.69) is 5.32 Å². The van der Waals surface area contributed by atoms with Crippen molar-refractivity contribution in [2.45, 2.75) is 20.0 Å². The molecule has 0 saturated heterocycles. The standard InChI is InChI=1S/C19H21NO5/c1-12-6-5-7-14(10-12)20-18(21)13(2)25-19(22)16-9-8-15(23-3)11-17(16)24-4/h5-11,13H,1-4H3,(H,20,21)/t13-/m1/s1. The highest BCUT2D eigenvalue weighted by atomic mass is 16.5. The zero-order valence-corrected chi connectivity index (χ0v) is 14.7.